The number of fused-ring (bicyclic) bond motifs is 1. The first-order chi connectivity index (χ1) is 13.0. The molecule has 1 amide bonds. The maximum Gasteiger partial charge on any atom is 0.419 e. The zero-order chi connectivity index (χ0) is 20.7. The van der Waals surface area contributed by atoms with E-state index in [1.165, 1.54) is 6.07 Å². The van der Waals surface area contributed by atoms with E-state index >= 15 is 0 Å². The zero-order valence-electron chi connectivity index (χ0n) is 15.6. The van der Waals surface area contributed by atoms with Crippen LogP contribution in [0.5, 0.6) is 5.75 Å². The first kappa shape index (κ1) is 20.5. The Labute approximate surface area is 166 Å². The van der Waals surface area contributed by atoms with Crippen LogP contribution in [0.25, 0.3) is 0 Å². The first-order valence-electron chi connectivity index (χ1n) is 8.64. The van der Waals surface area contributed by atoms with Gasteiger partial charge in [-0.2, -0.15) is 13.2 Å². The quantitative estimate of drug-likeness (QED) is 0.742. The zero-order valence-corrected chi connectivity index (χ0v) is 16.4. The van der Waals surface area contributed by atoms with Gasteiger partial charge in [-0.3, -0.25) is 4.79 Å². The summed E-state index contributed by atoms with van der Waals surface area (Å²) in [6.45, 7) is 4.72. The van der Waals surface area contributed by atoms with Crippen molar-refractivity contribution in [3.8, 4) is 5.75 Å². The minimum Gasteiger partial charge on any atom is -0.496 e. The highest BCUT2D eigenvalue weighted by molar-refractivity contribution is 6.34. The molecule has 8 heteroatoms. The predicted molar refractivity (Wildman–Crippen MR) is 102 cm³/mol. The number of alkyl halides is 3. The molecule has 0 fully saturated rings. The molecule has 1 aliphatic rings. The van der Waals surface area contributed by atoms with Crippen molar-refractivity contribution in [3.63, 3.8) is 0 Å². The van der Waals surface area contributed by atoms with E-state index in [-0.39, 0.29) is 16.9 Å². The number of carbonyl (C=O) groups is 1. The average Bonchev–Trinajstić information content (AvgIpc) is 2.62. The molecule has 0 saturated carbocycles. The standard InChI is InChI=1S/C20H20ClF3N2O2/c1-19(2)9-12-4-6-15(17(21)13(12)10-25-19)26-18(27)11-5-7-16(28-3)14(8-11)20(22,23)24/h4-8,25H,9-10H2,1-3H3,(H,26,27). The van der Waals surface area contributed by atoms with Gasteiger partial charge in [0.05, 0.1) is 23.4 Å². The largest absolute Gasteiger partial charge is 0.496 e. The monoisotopic (exact) mass is 412 g/mol. The van der Waals surface area contributed by atoms with E-state index in [9.17, 15) is 18.0 Å². The minimum absolute atomic E-state index is 0.0574. The summed E-state index contributed by atoms with van der Waals surface area (Å²) in [5, 5.41) is 6.36. The van der Waals surface area contributed by atoms with Crippen molar-refractivity contribution in [2.24, 2.45) is 0 Å². The van der Waals surface area contributed by atoms with Gasteiger partial charge in [0.2, 0.25) is 0 Å². The van der Waals surface area contributed by atoms with Crippen LogP contribution in [0.2, 0.25) is 5.02 Å². The Hall–Kier alpha value is -2.25. The first-order valence-corrected chi connectivity index (χ1v) is 9.01. The smallest absolute Gasteiger partial charge is 0.419 e. The minimum atomic E-state index is -4.64. The van der Waals surface area contributed by atoms with Gasteiger partial charge in [0.15, 0.2) is 0 Å². The molecule has 1 aliphatic heterocycles. The Morgan fingerprint density at radius 2 is 1.96 bits per heavy atom. The van der Waals surface area contributed by atoms with Crippen LogP contribution in [0.1, 0.15) is 40.9 Å². The second kappa shape index (κ2) is 7.29. The highest BCUT2D eigenvalue weighted by atomic mass is 35.5. The van der Waals surface area contributed by atoms with E-state index in [1.54, 1.807) is 6.07 Å². The number of halogens is 4. The van der Waals surface area contributed by atoms with Gasteiger partial charge in [0.1, 0.15) is 5.75 Å². The molecule has 2 aromatic rings. The van der Waals surface area contributed by atoms with Crippen molar-refractivity contribution in [1.29, 1.82) is 0 Å². The summed E-state index contributed by atoms with van der Waals surface area (Å²) in [7, 11) is 1.15. The van der Waals surface area contributed by atoms with Crippen LogP contribution >= 0.6 is 11.6 Å². The Bertz CT molecular complexity index is 926. The molecule has 28 heavy (non-hydrogen) atoms. The number of methoxy groups -OCH3 is 1. The Balaban J connectivity index is 1.88. The Morgan fingerprint density at radius 3 is 2.61 bits per heavy atom. The molecule has 0 bridgehead atoms. The molecular weight excluding hydrogens is 393 g/mol. The summed E-state index contributed by atoms with van der Waals surface area (Å²) >= 11 is 6.45. The van der Waals surface area contributed by atoms with Crippen molar-refractivity contribution in [2.75, 3.05) is 12.4 Å². The highest BCUT2D eigenvalue weighted by Gasteiger charge is 2.35. The molecule has 2 N–H and O–H groups in total. The van der Waals surface area contributed by atoms with Crippen LogP contribution in [0.3, 0.4) is 0 Å². The summed E-state index contributed by atoms with van der Waals surface area (Å²) in [5.74, 6) is -1.02. The SMILES string of the molecule is COc1ccc(C(=O)Nc2ccc3c(c2Cl)CNC(C)(C)C3)cc1C(F)(F)F. The normalized spacial score (nSPS) is 15.7. The second-order valence-electron chi connectivity index (χ2n) is 7.35. The lowest BCUT2D eigenvalue weighted by molar-refractivity contribution is -0.138. The fourth-order valence-electron chi connectivity index (χ4n) is 3.25. The molecule has 1 heterocycles. The summed E-state index contributed by atoms with van der Waals surface area (Å²) < 4.78 is 44.3. The fraction of sp³-hybridized carbons (Fsp3) is 0.350. The number of benzene rings is 2. The number of hydrogen-bond acceptors (Lipinski definition) is 3. The van der Waals surface area contributed by atoms with E-state index in [0.717, 1.165) is 36.8 Å². The van der Waals surface area contributed by atoms with Crippen molar-refractivity contribution >= 4 is 23.2 Å². The van der Waals surface area contributed by atoms with Crippen LogP contribution < -0.4 is 15.4 Å². The van der Waals surface area contributed by atoms with Crippen LogP contribution in [-0.4, -0.2) is 18.6 Å². The summed E-state index contributed by atoms with van der Waals surface area (Å²) in [5.41, 5.74) is 1.11. The molecule has 0 aliphatic carbocycles. The van der Waals surface area contributed by atoms with Gasteiger partial charge in [-0.25, -0.2) is 0 Å². The number of carbonyl (C=O) groups excluding carboxylic acids is 1. The number of hydrogen-bond donors (Lipinski definition) is 2. The predicted octanol–water partition coefficient (Wildman–Crippen LogP) is 5.04. The van der Waals surface area contributed by atoms with Gasteiger partial charge in [0, 0.05) is 17.6 Å². The average molecular weight is 413 g/mol. The third kappa shape index (κ3) is 4.10. The second-order valence-corrected chi connectivity index (χ2v) is 7.72. The van der Waals surface area contributed by atoms with Crippen LogP contribution in [-0.2, 0) is 19.1 Å². The van der Waals surface area contributed by atoms with Crippen LogP contribution in [0.15, 0.2) is 30.3 Å². The summed E-state index contributed by atoms with van der Waals surface area (Å²) in [6.07, 6.45) is -3.85. The third-order valence-corrected chi connectivity index (χ3v) is 5.16. The Kier molecular flexibility index (Phi) is 5.34. The lowest BCUT2D eigenvalue weighted by atomic mass is 9.87. The van der Waals surface area contributed by atoms with E-state index in [4.69, 9.17) is 16.3 Å². The molecule has 0 aromatic heterocycles. The fourth-order valence-corrected chi connectivity index (χ4v) is 3.54. The number of nitrogens with one attached hydrogen (secondary N) is 2. The maximum atomic E-state index is 13.2. The van der Waals surface area contributed by atoms with E-state index in [0.29, 0.717) is 17.3 Å². The molecule has 0 atom stereocenters. The van der Waals surface area contributed by atoms with Crippen molar-refractivity contribution in [1.82, 2.24) is 5.32 Å². The molecule has 0 saturated heterocycles. The highest BCUT2D eigenvalue weighted by Crippen LogP contribution is 2.37. The molecule has 3 rings (SSSR count). The Morgan fingerprint density at radius 1 is 1.25 bits per heavy atom. The number of ether oxygens (including phenoxy) is 1. The van der Waals surface area contributed by atoms with Gasteiger partial charge in [-0.15, -0.1) is 0 Å². The van der Waals surface area contributed by atoms with E-state index in [2.05, 4.69) is 24.5 Å². The molecule has 0 radical (unpaired) electrons. The summed E-state index contributed by atoms with van der Waals surface area (Å²) in [6, 6.07) is 6.73. The molecule has 0 unspecified atom stereocenters. The number of anilines is 1. The van der Waals surface area contributed by atoms with Crippen molar-refractivity contribution < 1.29 is 22.7 Å². The van der Waals surface area contributed by atoms with Gasteiger partial charge in [-0.1, -0.05) is 17.7 Å². The van der Waals surface area contributed by atoms with E-state index in [1.807, 2.05) is 6.07 Å². The van der Waals surface area contributed by atoms with Crippen LogP contribution in [0, 0.1) is 0 Å². The van der Waals surface area contributed by atoms with Crippen molar-refractivity contribution in [3.05, 3.63) is 57.6 Å². The summed E-state index contributed by atoms with van der Waals surface area (Å²) in [4.78, 5) is 12.5. The molecular formula is C20H20ClF3N2O2. The molecule has 0 spiro atoms. The number of amides is 1. The topological polar surface area (TPSA) is 50.4 Å². The third-order valence-electron chi connectivity index (χ3n) is 4.73. The van der Waals surface area contributed by atoms with Crippen LogP contribution in [0.4, 0.5) is 18.9 Å². The van der Waals surface area contributed by atoms with Gasteiger partial charge < -0.3 is 15.4 Å². The molecule has 4 nitrogen and oxygen atoms in total. The van der Waals surface area contributed by atoms with E-state index < -0.39 is 17.6 Å². The maximum absolute atomic E-state index is 13.2. The van der Waals surface area contributed by atoms with Crippen molar-refractivity contribution in [2.45, 2.75) is 38.5 Å². The molecule has 2 aromatic carbocycles. The van der Waals surface area contributed by atoms with Gasteiger partial charge >= 0.3 is 6.18 Å². The molecule has 150 valence electrons. The van der Waals surface area contributed by atoms with Gasteiger partial charge in [0.25, 0.3) is 5.91 Å². The lowest BCUT2D eigenvalue weighted by Gasteiger charge is -2.33. The van der Waals surface area contributed by atoms with Gasteiger partial charge in [-0.05, 0) is 55.7 Å². The number of rotatable bonds is 3. The lowest BCUT2D eigenvalue weighted by Crippen LogP contribution is -2.44.